The highest BCUT2D eigenvalue weighted by Crippen LogP contribution is 2.13. The summed E-state index contributed by atoms with van der Waals surface area (Å²) in [5, 5.41) is 0. The van der Waals surface area contributed by atoms with E-state index < -0.39 is 0 Å². The molecule has 74 valence electrons. The molecule has 12 heavy (non-hydrogen) atoms. The van der Waals surface area contributed by atoms with Crippen LogP contribution in [0.2, 0.25) is 0 Å². The van der Waals surface area contributed by atoms with Crippen molar-refractivity contribution >= 4 is 0 Å². The van der Waals surface area contributed by atoms with Gasteiger partial charge in [-0.05, 0) is 26.7 Å². The van der Waals surface area contributed by atoms with E-state index in [1.165, 1.54) is 12.8 Å². The molecule has 0 heterocycles. The highest BCUT2D eigenvalue weighted by molar-refractivity contribution is 4.61. The quantitative estimate of drug-likeness (QED) is 0.335. The molecule has 0 spiro atoms. The van der Waals surface area contributed by atoms with Crippen molar-refractivity contribution in [3.8, 4) is 0 Å². The molecule has 0 saturated carbocycles. The molecule has 0 aliphatic rings. The summed E-state index contributed by atoms with van der Waals surface area (Å²) in [6.45, 7) is 9.06. The first-order valence-electron chi connectivity index (χ1n) is 4.93. The van der Waals surface area contributed by atoms with Gasteiger partial charge in [0.2, 0.25) is 0 Å². The lowest BCUT2D eigenvalue weighted by Crippen LogP contribution is -2.23. The molecule has 0 aromatic carbocycles. The van der Waals surface area contributed by atoms with Crippen LogP contribution < -0.4 is 0 Å². The van der Waals surface area contributed by atoms with Crippen molar-refractivity contribution in [2.24, 2.45) is 0 Å². The van der Waals surface area contributed by atoms with Crippen LogP contribution >= 0.6 is 0 Å². The highest BCUT2D eigenvalue weighted by Gasteiger charge is 2.16. The van der Waals surface area contributed by atoms with Crippen LogP contribution in [0.3, 0.4) is 0 Å². The molecule has 0 saturated heterocycles. The van der Waals surface area contributed by atoms with E-state index in [1.54, 1.807) is 0 Å². The van der Waals surface area contributed by atoms with E-state index in [9.17, 15) is 0 Å². The fourth-order valence-corrected chi connectivity index (χ4v) is 0.671. The first-order chi connectivity index (χ1) is 5.62. The third kappa shape index (κ3) is 6.62. The summed E-state index contributed by atoms with van der Waals surface area (Å²) in [4.78, 5) is 10.3. The van der Waals surface area contributed by atoms with Gasteiger partial charge in [0.1, 0.15) is 0 Å². The lowest BCUT2D eigenvalue weighted by atomic mass is 10.1. The maximum Gasteiger partial charge on any atom is 0.0977 e. The Morgan fingerprint density at radius 3 is 2.25 bits per heavy atom. The minimum Gasteiger partial charge on any atom is -0.236 e. The molecule has 0 bridgehead atoms. The highest BCUT2D eigenvalue weighted by atomic mass is 17.2. The van der Waals surface area contributed by atoms with Gasteiger partial charge in [-0.1, -0.05) is 26.7 Å². The predicted molar refractivity (Wildman–Crippen MR) is 50.9 cm³/mol. The van der Waals surface area contributed by atoms with E-state index in [1.807, 2.05) is 13.8 Å². The van der Waals surface area contributed by atoms with Crippen LogP contribution in [-0.4, -0.2) is 12.2 Å². The number of hydrogen-bond acceptors (Lipinski definition) is 2. The van der Waals surface area contributed by atoms with E-state index in [0.717, 1.165) is 19.4 Å². The van der Waals surface area contributed by atoms with E-state index in [4.69, 9.17) is 9.78 Å². The monoisotopic (exact) mass is 174 g/mol. The molecular formula is C10H22O2. The van der Waals surface area contributed by atoms with Crippen LogP contribution in [-0.2, 0) is 9.78 Å². The number of unbranched alkanes of at least 4 members (excludes halogenated alkanes) is 2. The first kappa shape index (κ1) is 11.9. The van der Waals surface area contributed by atoms with Gasteiger partial charge in [-0.15, -0.1) is 0 Å². The maximum atomic E-state index is 5.23. The lowest BCUT2D eigenvalue weighted by molar-refractivity contribution is -0.353. The molecule has 0 aliphatic heterocycles. The van der Waals surface area contributed by atoms with Crippen LogP contribution in [0.1, 0.15) is 53.4 Å². The summed E-state index contributed by atoms with van der Waals surface area (Å²) >= 11 is 0. The summed E-state index contributed by atoms with van der Waals surface area (Å²) in [5.74, 6) is 0. The molecule has 0 aromatic rings. The van der Waals surface area contributed by atoms with Gasteiger partial charge in [0.15, 0.2) is 0 Å². The third-order valence-electron chi connectivity index (χ3n) is 1.97. The molecule has 0 fully saturated rings. The minimum absolute atomic E-state index is 0.133. The van der Waals surface area contributed by atoms with Crippen molar-refractivity contribution in [3.05, 3.63) is 0 Å². The Bertz CT molecular complexity index is 100. The zero-order valence-electron chi connectivity index (χ0n) is 8.85. The summed E-state index contributed by atoms with van der Waals surface area (Å²) in [6, 6.07) is 0. The zero-order valence-corrected chi connectivity index (χ0v) is 8.85. The van der Waals surface area contributed by atoms with Crippen LogP contribution in [0.4, 0.5) is 0 Å². The predicted octanol–water partition coefficient (Wildman–Crippen LogP) is 3.31. The van der Waals surface area contributed by atoms with Crippen molar-refractivity contribution in [1.82, 2.24) is 0 Å². The van der Waals surface area contributed by atoms with Gasteiger partial charge in [0.05, 0.1) is 12.2 Å². The Morgan fingerprint density at radius 2 is 1.75 bits per heavy atom. The van der Waals surface area contributed by atoms with Gasteiger partial charge in [0.25, 0.3) is 0 Å². The second-order valence-corrected chi connectivity index (χ2v) is 3.73. The Balaban J connectivity index is 3.19. The molecule has 0 unspecified atom stereocenters. The van der Waals surface area contributed by atoms with Gasteiger partial charge in [-0.2, -0.15) is 0 Å². The molecule has 2 heteroatoms. The van der Waals surface area contributed by atoms with Gasteiger partial charge < -0.3 is 0 Å². The molecular weight excluding hydrogens is 152 g/mol. The number of hydrogen-bond donors (Lipinski definition) is 0. The largest absolute Gasteiger partial charge is 0.236 e. The fraction of sp³-hybridized carbons (Fsp3) is 1.00. The van der Waals surface area contributed by atoms with Gasteiger partial charge >= 0.3 is 0 Å². The van der Waals surface area contributed by atoms with Gasteiger partial charge in [-0.3, -0.25) is 0 Å². The van der Waals surface area contributed by atoms with Crippen LogP contribution in [0.15, 0.2) is 0 Å². The summed E-state index contributed by atoms with van der Waals surface area (Å²) in [7, 11) is 0. The molecule has 2 nitrogen and oxygen atoms in total. The third-order valence-corrected chi connectivity index (χ3v) is 1.97. The second-order valence-electron chi connectivity index (χ2n) is 3.73. The Morgan fingerprint density at radius 1 is 1.08 bits per heavy atom. The standard InChI is InChI=1S/C10H22O2/c1-5-7-8-9-11-12-10(3,4)6-2/h5-9H2,1-4H3. The average Bonchev–Trinajstić information content (AvgIpc) is 2.04. The molecule has 0 aromatic heterocycles. The smallest absolute Gasteiger partial charge is 0.0977 e. The van der Waals surface area contributed by atoms with Crippen molar-refractivity contribution in [3.63, 3.8) is 0 Å². The van der Waals surface area contributed by atoms with Crippen molar-refractivity contribution in [1.29, 1.82) is 0 Å². The zero-order chi connectivity index (χ0) is 9.45. The normalized spacial score (nSPS) is 12.0. The first-order valence-corrected chi connectivity index (χ1v) is 4.93. The molecule has 0 radical (unpaired) electrons. The van der Waals surface area contributed by atoms with Crippen molar-refractivity contribution in [2.75, 3.05) is 6.61 Å². The SMILES string of the molecule is CCCCCOOC(C)(C)CC. The fourth-order valence-electron chi connectivity index (χ4n) is 0.671. The van der Waals surface area contributed by atoms with E-state index in [2.05, 4.69) is 13.8 Å². The summed E-state index contributed by atoms with van der Waals surface area (Å²) in [5.41, 5.74) is -0.133. The maximum absolute atomic E-state index is 5.23. The number of rotatable bonds is 7. The molecule has 0 atom stereocenters. The second kappa shape index (κ2) is 6.44. The van der Waals surface area contributed by atoms with Gasteiger partial charge in [0, 0.05) is 0 Å². The molecule has 0 rings (SSSR count). The van der Waals surface area contributed by atoms with Crippen molar-refractivity contribution < 1.29 is 9.78 Å². The van der Waals surface area contributed by atoms with E-state index in [0.29, 0.717) is 0 Å². The summed E-state index contributed by atoms with van der Waals surface area (Å²) in [6.07, 6.45) is 4.51. The Labute approximate surface area is 76.2 Å². The Hall–Kier alpha value is -0.0800. The molecule has 0 N–H and O–H groups in total. The molecule has 0 aliphatic carbocycles. The van der Waals surface area contributed by atoms with Crippen LogP contribution in [0, 0.1) is 0 Å². The van der Waals surface area contributed by atoms with E-state index >= 15 is 0 Å². The topological polar surface area (TPSA) is 18.5 Å². The lowest BCUT2D eigenvalue weighted by Gasteiger charge is -2.21. The van der Waals surface area contributed by atoms with Gasteiger partial charge in [-0.25, -0.2) is 9.78 Å². The Kier molecular flexibility index (Phi) is 6.39. The minimum atomic E-state index is -0.133. The van der Waals surface area contributed by atoms with E-state index in [-0.39, 0.29) is 5.60 Å². The van der Waals surface area contributed by atoms with Crippen LogP contribution in [0.5, 0.6) is 0 Å². The van der Waals surface area contributed by atoms with Crippen molar-refractivity contribution in [2.45, 2.75) is 59.0 Å². The molecule has 0 amide bonds. The van der Waals surface area contributed by atoms with Crippen LogP contribution in [0.25, 0.3) is 0 Å². The average molecular weight is 174 g/mol. The summed E-state index contributed by atoms with van der Waals surface area (Å²) < 4.78 is 0.